The van der Waals surface area contributed by atoms with Crippen LogP contribution >= 0.6 is 0 Å². The molecule has 0 bridgehead atoms. The Balaban J connectivity index is 1.46. The highest BCUT2D eigenvalue weighted by molar-refractivity contribution is 5.75. The molecule has 1 aliphatic rings. The highest BCUT2D eigenvalue weighted by atomic mass is 16.6. The zero-order valence-electron chi connectivity index (χ0n) is 16.4. The van der Waals surface area contributed by atoms with Crippen LogP contribution in [-0.2, 0) is 5.54 Å². The van der Waals surface area contributed by atoms with Crippen LogP contribution < -0.4 is 29.6 Å². The van der Waals surface area contributed by atoms with E-state index in [2.05, 4.69) is 10.6 Å². The zero-order valence-corrected chi connectivity index (χ0v) is 16.4. The number of carbonyl (C=O) groups excluding carboxylic acids is 1. The molecule has 2 amide bonds. The van der Waals surface area contributed by atoms with Gasteiger partial charge in [0.1, 0.15) is 31.3 Å². The van der Waals surface area contributed by atoms with Crippen molar-refractivity contribution in [3.8, 4) is 23.0 Å². The molecule has 0 unspecified atom stereocenters. The van der Waals surface area contributed by atoms with Crippen molar-refractivity contribution in [1.82, 2.24) is 10.6 Å². The summed E-state index contributed by atoms with van der Waals surface area (Å²) in [6, 6.07) is 12.7. The third-order valence-corrected chi connectivity index (χ3v) is 4.41. The molecule has 2 N–H and O–H groups in total. The van der Waals surface area contributed by atoms with Gasteiger partial charge in [-0.05, 0) is 55.8 Å². The number of carbonyl (C=O) groups is 1. The van der Waals surface area contributed by atoms with Crippen molar-refractivity contribution in [2.75, 3.05) is 33.5 Å². The molecule has 0 aromatic heterocycles. The summed E-state index contributed by atoms with van der Waals surface area (Å²) >= 11 is 0. The fourth-order valence-corrected chi connectivity index (χ4v) is 2.84. The van der Waals surface area contributed by atoms with E-state index in [0.29, 0.717) is 32.1 Å². The predicted octanol–water partition coefficient (Wildman–Crippen LogP) is 3.08. The molecule has 3 rings (SSSR count). The normalized spacial score (nSPS) is 12.8. The van der Waals surface area contributed by atoms with E-state index in [0.717, 1.165) is 22.8 Å². The van der Waals surface area contributed by atoms with Gasteiger partial charge in [-0.25, -0.2) is 4.79 Å². The first-order chi connectivity index (χ1) is 13.5. The summed E-state index contributed by atoms with van der Waals surface area (Å²) in [5, 5.41) is 5.78. The lowest BCUT2D eigenvalue weighted by Gasteiger charge is -2.28. The summed E-state index contributed by atoms with van der Waals surface area (Å²) in [4.78, 5) is 12.3. The van der Waals surface area contributed by atoms with Crippen molar-refractivity contribution >= 4 is 6.03 Å². The average molecular weight is 386 g/mol. The van der Waals surface area contributed by atoms with Crippen molar-refractivity contribution in [1.29, 1.82) is 0 Å². The lowest BCUT2D eigenvalue weighted by atomic mass is 9.94. The number of urea groups is 1. The van der Waals surface area contributed by atoms with E-state index < -0.39 is 5.54 Å². The third-order valence-electron chi connectivity index (χ3n) is 4.41. The molecule has 1 aliphatic heterocycles. The molecule has 7 heteroatoms. The standard InChI is InChI=1S/C21H26N2O5/c1-21(2,15-4-9-18-19(14-15)28-13-12-27-18)23-20(24)22-10-11-26-17-7-5-16(25-3)6-8-17/h4-9,14H,10-13H2,1-3H3,(H2,22,23,24). The van der Waals surface area contributed by atoms with E-state index in [-0.39, 0.29) is 6.03 Å². The minimum atomic E-state index is -0.573. The maximum Gasteiger partial charge on any atom is 0.315 e. The molecule has 2 aromatic carbocycles. The van der Waals surface area contributed by atoms with Crippen molar-refractivity contribution < 1.29 is 23.7 Å². The Bertz CT molecular complexity index is 805. The van der Waals surface area contributed by atoms with Gasteiger partial charge in [0.25, 0.3) is 0 Å². The average Bonchev–Trinajstić information content (AvgIpc) is 2.71. The number of fused-ring (bicyclic) bond motifs is 1. The maximum absolute atomic E-state index is 12.3. The van der Waals surface area contributed by atoms with Gasteiger partial charge >= 0.3 is 6.03 Å². The van der Waals surface area contributed by atoms with Gasteiger partial charge in [0.15, 0.2) is 11.5 Å². The molecule has 0 aliphatic carbocycles. The lowest BCUT2D eigenvalue weighted by molar-refractivity contribution is 0.171. The number of ether oxygens (including phenoxy) is 4. The first-order valence-electron chi connectivity index (χ1n) is 9.21. The van der Waals surface area contributed by atoms with Crippen molar-refractivity contribution in [3.05, 3.63) is 48.0 Å². The van der Waals surface area contributed by atoms with Crippen LogP contribution in [0.3, 0.4) is 0 Å². The monoisotopic (exact) mass is 386 g/mol. The van der Waals surface area contributed by atoms with E-state index in [9.17, 15) is 4.79 Å². The van der Waals surface area contributed by atoms with Gasteiger partial charge in [-0.3, -0.25) is 0 Å². The largest absolute Gasteiger partial charge is 0.497 e. The van der Waals surface area contributed by atoms with Gasteiger partial charge in [-0.1, -0.05) is 6.07 Å². The molecule has 0 spiro atoms. The first kappa shape index (κ1) is 19.7. The van der Waals surface area contributed by atoms with Crippen LogP contribution in [0.2, 0.25) is 0 Å². The molecule has 0 atom stereocenters. The molecule has 7 nitrogen and oxygen atoms in total. The Labute approximate surface area is 164 Å². The Morgan fingerprint density at radius 3 is 2.43 bits per heavy atom. The number of amides is 2. The van der Waals surface area contributed by atoms with E-state index >= 15 is 0 Å². The Morgan fingerprint density at radius 2 is 1.71 bits per heavy atom. The van der Waals surface area contributed by atoms with Gasteiger partial charge in [0, 0.05) is 0 Å². The number of benzene rings is 2. The molecular weight excluding hydrogens is 360 g/mol. The number of methoxy groups -OCH3 is 1. The van der Waals surface area contributed by atoms with Gasteiger partial charge < -0.3 is 29.6 Å². The summed E-state index contributed by atoms with van der Waals surface area (Å²) in [5.41, 5.74) is 0.359. The van der Waals surface area contributed by atoms with Crippen LogP contribution in [0.25, 0.3) is 0 Å². The van der Waals surface area contributed by atoms with Crippen LogP contribution in [-0.4, -0.2) is 39.5 Å². The molecule has 0 saturated heterocycles. The van der Waals surface area contributed by atoms with E-state index in [1.54, 1.807) is 7.11 Å². The number of rotatable bonds is 7. The van der Waals surface area contributed by atoms with E-state index in [1.165, 1.54) is 0 Å². The summed E-state index contributed by atoms with van der Waals surface area (Å²) in [7, 11) is 1.62. The molecular formula is C21H26N2O5. The summed E-state index contributed by atoms with van der Waals surface area (Å²) < 4.78 is 21.9. The van der Waals surface area contributed by atoms with Crippen LogP contribution in [0.5, 0.6) is 23.0 Å². The molecule has 1 heterocycles. The van der Waals surface area contributed by atoms with Crippen LogP contribution in [0.4, 0.5) is 4.79 Å². The Kier molecular flexibility index (Phi) is 6.13. The summed E-state index contributed by atoms with van der Waals surface area (Å²) in [5.74, 6) is 2.92. The molecule has 150 valence electrons. The lowest BCUT2D eigenvalue weighted by Crippen LogP contribution is -2.47. The highest BCUT2D eigenvalue weighted by Crippen LogP contribution is 2.34. The van der Waals surface area contributed by atoms with Crippen LogP contribution in [0.1, 0.15) is 19.4 Å². The van der Waals surface area contributed by atoms with Crippen LogP contribution in [0, 0.1) is 0 Å². The highest BCUT2D eigenvalue weighted by Gasteiger charge is 2.25. The smallest absolute Gasteiger partial charge is 0.315 e. The molecule has 2 aromatic rings. The Morgan fingerprint density at radius 1 is 1.04 bits per heavy atom. The van der Waals surface area contributed by atoms with Gasteiger partial charge in [0.05, 0.1) is 19.2 Å². The van der Waals surface area contributed by atoms with Gasteiger partial charge in [0.2, 0.25) is 0 Å². The third kappa shape index (κ3) is 5.00. The van der Waals surface area contributed by atoms with Crippen LogP contribution in [0.15, 0.2) is 42.5 Å². The van der Waals surface area contributed by atoms with Crippen molar-refractivity contribution in [3.63, 3.8) is 0 Å². The molecule has 0 saturated carbocycles. The number of hydrogen-bond acceptors (Lipinski definition) is 5. The minimum absolute atomic E-state index is 0.266. The second-order valence-corrected chi connectivity index (χ2v) is 6.89. The topological polar surface area (TPSA) is 78.1 Å². The maximum atomic E-state index is 12.3. The molecule has 0 fully saturated rings. The zero-order chi connectivity index (χ0) is 20.0. The van der Waals surface area contributed by atoms with E-state index in [4.69, 9.17) is 18.9 Å². The van der Waals surface area contributed by atoms with Gasteiger partial charge in [-0.15, -0.1) is 0 Å². The second-order valence-electron chi connectivity index (χ2n) is 6.89. The van der Waals surface area contributed by atoms with Crippen molar-refractivity contribution in [2.45, 2.75) is 19.4 Å². The quantitative estimate of drug-likeness (QED) is 0.715. The summed E-state index contributed by atoms with van der Waals surface area (Å²) in [6.45, 7) is 5.70. The fourth-order valence-electron chi connectivity index (χ4n) is 2.84. The van der Waals surface area contributed by atoms with E-state index in [1.807, 2.05) is 56.3 Å². The fraction of sp³-hybridized carbons (Fsp3) is 0.381. The second kappa shape index (κ2) is 8.73. The van der Waals surface area contributed by atoms with Gasteiger partial charge in [-0.2, -0.15) is 0 Å². The first-order valence-corrected chi connectivity index (χ1v) is 9.21. The molecule has 0 radical (unpaired) electrons. The number of nitrogens with one attached hydrogen (secondary N) is 2. The van der Waals surface area contributed by atoms with Crippen molar-refractivity contribution in [2.24, 2.45) is 0 Å². The molecule has 28 heavy (non-hydrogen) atoms. The Hall–Kier alpha value is -3.09. The number of hydrogen-bond donors (Lipinski definition) is 2. The predicted molar refractivity (Wildman–Crippen MR) is 105 cm³/mol. The SMILES string of the molecule is COc1ccc(OCCNC(=O)NC(C)(C)c2ccc3c(c2)OCCO3)cc1. The minimum Gasteiger partial charge on any atom is -0.497 e. The summed E-state index contributed by atoms with van der Waals surface area (Å²) in [6.07, 6.45) is 0.